The average molecular weight is 463 g/mol. The maximum absolute atomic E-state index is 12.9. The summed E-state index contributed by atoms with van der Waals surface area (Å²) in [6, 6.07) is 7.93. The molecule has 2 N–H and O–H groups in total. The summed E-state index contributed by atoms with van der Waals surface area (Å²) in [5.41, 5.74) is 1.88. The Morgan fingerprint density at radius 3 is 2.62 bits per heavy atom. The SMILES string of the molecule is CCNC(=NCC(O)c1ccc(F)cc1)N(C)Cc1ccsc1.I. The van der Waals surface area contributed by atoms with Gasteiger partial charge in [0, 0.05) is 20.1 Å². The van der Waals surface area contributed by atoms with Gasteiger partial charge in [-0.05, 0) is 47.0 Å². The molecule has 2 rings (SSSR count). The molecule has 0 radical (unpaired) electrons. The Morgan fingerprint density at radius 1 is 1.33 bits per heavy atom. The van der Waals surface area contributed by atoms with Gasteiger partial charge in [0.1, 0.15) is 5.82 Å². The lowest BCUT2D eigenvalue weighted by molar-refractivity contribution is 0.186. The van der Waals surface area contributed by atoms with E-state index in [1.165, 1.54) is 17.7 Å². The van der Waals surface area contributed by atoms with Gasteiger partial charge >= 0.3 is 0 Å². The topological polar surface area (TPSA) is 47.9 Å². The standard InChI is InChI=1S/C17H22FN3OS.HI/c1-3-19-17(21(2)11-13-8-9-23-12-13)20-10-16(22)14-4-6-15(18)7-5-14;/h4-9,12,16,22H,3,10-11H2,1-2H3,(H,19,20);1H. The number of hydrogen-bond donors (Lipinski definition) is 2. The van der Waals surface area contributed by atoms with E-state index in [1.807, 2.05) is 24.3 Å². The van der Waals surface area contributed by atoms with Gasteiger partial charge in [0.05, 0.1) is 12.6 Å². The molecule has 1 unspecified atom stereocenters. The minimum atomic E-state index is -0.751. The second-order valence-corrected chi connectivity index (χ2v) is 6.03. The van der Waals surface area contributed by atoms with E-state index in [0.717, 1.165) is 19.0 Å². The molecule has 0 bridgehead atoms. The van der Waals surface area contributed by atoms with E-state index in [9.17, 15) is 9.50 Å². The third-order valence-electron chi connectivity index (χ3n) is 3.37. The summed E-state index contributed by atoms with van der Waals surface area (Å²) in [6.45, 7) is 3.73. The molecule has 1 aromatic heterocycles. The Kier molecular flexibility index (Phi) is 9.24. The molecule has 0 saturated heterocycles. The normalized spacial score (nSPS) is 12.4. The van der Waals surface area contributed by atoms with Crippen LogP contribution >= 0.6 is 35.3 Å². The van der Waals surface area contributed by atoms with Crippen molar-refractivity contribution in [3.05, 3.63) is 58.0 Å². The largest absolute Gasteiger partial charge is 0.386 e. The lowest BCUT2D eigenvalue weighted by Gasteiger charge is -2.22. The van der Waals surface area contributed by atoms with Crippen LogP contribution in [0.3, 0.4) is 0 Å². The Labute approximate surface area is 163 Å². The van der Waals surface area contributed by atoms with Gasteiger partial charge in [0.25, 0.3) is 0 Å². The lowest BCUT2D eigenvalue weighted by atomic mass is 10.1. The molecule has 0 fully saturated rings. The van der Waals surface area contributed by atoms with Crippen molar-refractivity contribution in [2.24, 2.45) is 4.99 Å². The summed E-state index contributed by atoms with van der Waals surface area (Å²) >= 11 is 1.67. The second-order valence-electron chi connectivity index (χ2n) is 5.25. The Balaban J connectivity index is 0.00000288. The van der Waals surface area contributed by atoms with Crippen LogP contribution in [0.15, 0.2) is 46.1 Å². The number of aliphatic imine (C=N–C) groups is 1. The van der Waals surface area contributed by atoms with Gasteiger partial charge in [-0.3, -0.25) is 4.99 Å². The monoisotopic (exact) mass is 463 g/mol. The molecule has 132 valence electrons. The molecule has 0 aliphatic rings. The van der Waals surface area contributed by atoms with E-state index in [2.05, 4.69) is 21.8 Å². The first-order valence-electron chi connectivity index (χ1n) is 7.54. The molecule has 0 aliphatic heterocycles. The maximum Gasteiger partial charge on any atom is 0.194 e. The maximum atomic E-state index is 12.9. The molecule has 0 aliphatic carbocycles. The highest BCUT2D eigenvalue weighted by atomic mass is 127. The van der Waals surface area contributed by atoms with Crippen molar-refractivity contribution in [3.63, 3.8) is 0 Å². The first-order valence-corrected chi connectivity index (χ1v) is 8.48. The molecule has 24 heavy (non-hydrogen) atoms. The summed E-state index contributed by atoms with van der Waals surface area (Å²) in [5, 5.41) is 17.6. The van der Waals surface area contributed by atoms with E-state index < -0.39 is 6.10 Å². The number of aliphatic hydroxyl groups is 1. The minimum Gasteiger partial charge on any atom is -0.386 e. The van der Waals surface area contributed by atoms with Crippen molar-refractivity contribution in [1.82, 2.24) is 10.2 Å². The summed E-state index contributed by atoms with van der Waals surface area (Å²) in [7, 11) is 1.96. The van der Waals surface area contributed by atoms with Gasteiger partial charge in [0.15, 0.2) is 5.96 Å². The van der Waals surface area contributed by atoms with Crippen LogP contribution in [0.25, 0.3) is 0 Å². The van der Waals surface area contributed by atoms with Crippen LogP contribution in [0.5, 0.6) is 0 Å². The zero-order valence-electron chi connectivity index (χ0n) is 13.8. The van der Waals surface area contributed by atoms with Crippen LogP contribution in [0.1, 0.15) is 24.2 Å². The summed E-state index contributed by atoms with van der Waals surface area (Å²) in [6.07, 6.45) is -0.751. The fraction of sp³-hybridized carbons (Fsp3) is 0.353. The average Bonchev–Trinajstić information content (AvgIpc) is 3.04. The predicted molar refractivity (Wildman–Crippen MR) is 109 cm³/mol. The highest BCUT2D eigenvalue weighted by Crippen LogP contribution is 2.14. The molecule has 7 heteroatoms. The molecular weight excluding hydrogens is 440 g/mol. The second kappa shape index (κ2) is 10.6. The van der Waals surface area contributed by atoms with Crippen molar-refractivity contribution in [1.29, 1.82) is 0 Å². The zero-order valence-corrected chi connectivity index (χ0v) is 16.9. The van der Waals surface area contributed by atoms with E-state index >= 15 is 0 Å². The van der Waals surface area contributed by atoms with Gasteiger partial charge in [-0.15, -0.1) is 24.0 Å². The van der Waals surface area contributed by atoms with Gasteiger partial charge in [0.2, 0.25) is 0 Å². The van der Waals surface area contributed by atoms with Crippen LogP contribution in [0, 0.1) is 5.82 Å². The molecule has 1 atom stereocenters. The van der Waals surface area contributed by atoms with E-state index in [0.29, 0.717) is 5.56 Å². The zero-order chi connectivity index (χ0) is 16.7. The first-order chi connectivity index (χ1) is 11.1. The van der Waals surface area contributed by atoms with Gasteiger partial charge < -0.3 is 15.3 Å². The minimum absolute atomic E-state index is 0. The molecular formula is C17H23FIN3OS. The van der Waals surface area contributed by atoms with Crippen LogP contribution in [0.2, 0.25) is 0 Å². The van der Waals surface area contributed by atoms with Crippen molar-refractivity contribution >= 4 is 41.3 Å². The molecule has 1 heterocycles. The van der Waals surface area contributed by atoms with Crippen molar-refractivity contribution in [2.75, 3.05) is 20.1 Å². The number of benzene rings is 1. The van der Waals surface area contributed by atoms with Crippen LogP contribution in [-0.2, 0) is 6.54 Å². The summed E-state index contributed by atoms with van der Waals surface area (Å²) in [5.74, 6) is 0.424. The van der Waals surface area contributed by atoms with E-state index in [1.54, 1.807) is 23.5 Å². The summed E-state index contributed by atoms with van der Waals surface area (Å²) < 4.78 is 12.9. The van der Waals surface area contributed by atoms with Crippen LogP contribution in [-0.4, -0.2) is 36.1 Å². The van der Waals surface area contributed by atoms with Gasteiger partial charge in [-0.25, -0.2) is 4.39 Å². The number of rotatable bonds is 6. The highest BCUT2D eigenvalue weighted by molar-refractivity contribution is 14.0. The molecule has 4 nitrogen and oxygen atoms in total. The van der Waals surface area contributed by atoms with Gasteiger partial charge in [-0.1, -0.05) is 12.1 Å². The quantitative estimate of drug-likeness (QED) is 0.391. The fourth-order valence-corrected chi connectivity index (χ4v) is 2.82. The predicted octanol–water partition coefficient (Wildman–Crippen LogP) is 3.64. The van der Waals surface area contributed by atoms with E-state index in [-0.39, 0.29) is 36.3 Å². The number of nitrogens with one attached hydrogen (secondary N) is 1. The Bertz CT molecular complexity index is 619. The number of thiophene rings is 1. The van der Waals surface area contributed by atoms with Crippen molar-refractivity contribution in [2.45, 2.75) is 19.6 Å². The number of aliphatic hydroxyl groups excluding tert-OH is 1. The van der Waals surface area contributed by atoms with E-state index in [4.69, 9.17) is 0 Å². The molecule has 1 aromatic carbocycles. The number of nitrogens with zero attached hydrogens (tertiary/aromatic N) is 2. The van der Waals surface area contributed by atoms with Crippen LogP contribution < -0.4 is 5.32 Å². The smallest absolute Gasteiger partial charge is 0.194 e. The Morgan fingerprint density at radius 2 is 2.04 bits per heavy atom. The molecule has 0 saturated carbocycles. The number of hydrogen-bond acceptors (Lipinski definition) is 3. The third kappa shape index (κ3) is 6.37. The molecule has 0 amide bonds. The lowest BCUT2D eigenvalue weighted by Crippen LogP contribution is -2.38. The van der Waals surface area contributed by atoms with Crippen molar-refractivity contribution in [3.8, 4) is 0 Å². The first kappa shape index (κ1) is 20.9. The Hall–Kier alpha value is -1.19. The van der Waals surface area contributed by atoms with Crippen molar-refractivity contribution < 1.29 is 9.50 Å². The molecule has 2 aromatic rings. The summed E-state index contributed by atoms with van der Waals surface area (Å²) in [4.78, 5) is 6.50. The third-order valence-corrected chi connectivity index (χ3v) is 4.10. The van der Waals surface area contributed by atoms with Crippen LogP contribution in [0.4, 0.5) is 4.39 Å². The number of halogens is 2. The molecule has 0 spiro atoms. The van der Waals surface area contributed by atoms with Gasteiger partial charge in [-0.2, -0.15) is 11.3 Å². The highest BCUT2D eigenvalue weighted by Gasteiger charge is 2.10. The fourth-order valence-electron chi connectivity index (χ4n) is 2.16. The number of guanidine groups is 1.